The van der Waals surface area contributed by atoms with Gasteiger partial charge in [0.05, 0.1) is 39.8 Å². The molecule has 0 bridgehead atoms. The first-order valence-electron chi connectivity index (χ1n) is 14.2. The zero-order chi connectivity index (χ0) is 28.7. The number of thioether (sulfide) groups is 2. The number of allylic oxidation sites excluding steroid dienone is 5. The number of hydrogen-bond donors (Lipinski definition) is 0. The summed E-state index contributed by atoms with van der Waals surface area (Å²) in [7, 11) is 0. The molecule has 0 amide bonds. The first-order chi connectivity index (χ1) is 20.4. The van der Waals surface area contributed by atoms with Crippen molar-refractivity contribution in [3.05, 3.63) is 126 Å². The van der Waals surface area contributed by atoms with Crippen LogP contribution in [0, 0.1) is 0 Å². The summed E-state index contributed by atoms with van der Waals surface area (Å²) in [5, 5.41) is 0.111. The van der Waals surface area contributed by atoms with E-state index in [0.29, 0.717) is 22.4 Å². The molecule has 0 spiro atoms. The number of nitrogens with zero attached hydrogens (tertiary/aromatic N) is 3. The third-order valence-corrected chi connectivity index (χ3v) is 12.4. The Hall–Kier alpha value is -3.26. The fourth-order valence-electron chi connectivity index (χ4n) is 6.89. The number of rotatable bonds is 5. The molecule has 0 fully saturated rings. The molecule has 4 heterocycles. The fourth-order valence-corrected chi connectivity index (χ4v) is 10.3. The minimum Gasteiger partial charge on any atom is -0.352 e. The van der Waals surface area contributed by atoms with Crippen LogP contribution >= 0.6 is 35.3 Å². The first kappa shape index (κ1) is 26.4. The van der Waals surface area contributed by atoms with Gasteiger partial charge in [0, 0.05) is 42.9 Å². The zero-order valence-electron chi connectivity index (χ0n) is 23.6. The SMILES string of the molecule is C=C1C(=C)C2(F)C(C)=C(CC)N3c4ccccc4Sc4ccc(c2c43)N1C1=CC=CC1SCN1CSc2ccccc21. The molecule has 0 N–H and O–H groups in total. The topological polar surface area (TPSA) is 9.72 Å². The van der Waals surface area contributed by atoms with Crippen LogP contribution < -0.4 is 14.7 Å². The summed E-state index contributed by atoms with van der Waals surface area (Å²) in [6.07, 6.45) is 7.24. The molecule has 2 unspecified atom stereocenters. The summed E-state index contributed by atoms with van der Waals surface area (Å²) in [5.74, 6) is 1.82. The van der Waals surface area contributed by atoms with Crippen LogP contribution in [0.1, 0.15) is 25.8 Å². The van der Waals surface area contributed by atoms with E-state index in [9.17, 15) is 0 Å². The molecule has 2 atom stereocenters. The molecule has 1 aliphatic carbocycles. The van der Waals surface area contributed by atoms with Crippen LogP contribution in [0.4, 0.5) is 27.1 Å². The molecule has 210 valence electrons. The van der Waals surface area contributed by atoms with Crippen molar-refractivity contribution in [3.8, 4) is 0 Å². The predicted octanol–water partition coefficient (Wildman–Crippen LogP) is 10.1. The molecule has 3 aromatic rings. The number of halogens is 1. The Bertz CT molecular complexity index is 1810. The van der Waals surface area contributed by atoms with Crippen LogP contribution in [0.3, 0.4) is 0 Å². The van der Waals surface area contributed by atoms with Gasteiger partial charge in [0.1, 0.15) is 0 Å². The van der Waals surface area contributed by atoms with Gasteiger partial charge < -0.3 is 14.7 Å². The lowest BCUT2D eigenvalue weighted by Crippen LogP contribution is -2.44. The van der Waals surface area contributed by atoms with E-state index in [0.717, 1.165) is 51.5 Å². The second-order valence-corrected chi connectivity index (χ2v) is 14.2. The van der Waals surface area contributed by atoms with Gasteiger partial charge in [0.25, 0.3) is 0 Å². The second kappa shape index (κ2) is 9.63. The van der Waals surface area contributed by atoms with E-state index in [1.807, 2.05) is 30.4 Å². The van der Waals surface area contributed by atoms with E-state index >= 15 is 4.39 Å². The number of fused-ring (bicyclic) bond motifs is 3. The molecule has 42 heavy (non-hydrogen) atoms. The van der Waals surface area contributed by atoms with Gasteiger partial charge in [-0.15, -0.1) is 23.5 Å². The van der Waals surface area contributed by atoms with Crippen LogP contribution in [0.15, 0.2) is 135 Å². The molecular formula is C35H30FN3S3. The summed E-state index contributed by atoms with van der Waals surface area (Å²) in [5.41, 5.74) is 6.95. The number of para-hydroxylation sites is 2. The predicted molar refractivity (Wildman–Crippen MR) is 179 cm³/mol. The molecule has 8 rings (SSSR count). The molecule has 0 radical (unpaired) electrons. The van der Waals surface area contributed by atoms with E-state index in [1.165, 1.54) is 15.5 Å². The molecule has 4 aliphatic heterocycles. The van der Waals surface area contributed by atoms with Gasteiger partial charge in [-0.3, -0.25) is 0 Å². The van der Waals surface area contributed by atoms with Crippen molar-refractivity contribution >= 4 is 58.0 Å². The van der Waals surface area contributed by atoms with Crippen molar-refractivity contribution < 1.29 is 4.39 Å². The smallest absolute Gasteiger partial charge is 0.189 e. The van der Waals surface area contributed by atoms with Crippen molar-refractivity contribution in [3.63, 3.8) is 0 Å². The van der Waals surface area contributed by atoms with Crippen molar-refractivity contribution in [2.45, 2.75) is 45.9 Å². The minimum atomic E-state index is -1.81. The molecule has 0 saturated heterocycles. The maximum absolute atomic E-state index is 17.9. The van der Waals surface area contributed by atoms with E-state index in [4.69, 9.17) is 0 Å². The standard InChI is InChI=1S/C35H30FN3S3/c1-5-24-22(3)35(36)21(2)23(4)38(26-13-10-16-30(26)41-20-37-19-40-29-14-8-6-11-25(29)37)28-17-18-32-34(33(28)35)39(24)27-12-7-9-15-31(27)42-32/h6-18,30H,2,4-5,19-20H2,1,3H3. The van der Waals surface area contributed by atoms with Crippen molar-refractivity contribution in [2.24, 2.45) is 0 Å². The molecule has 3 aromatic carbocycles. The van der Waals surface area contributed by atoms with Gasteiger partial charge in [-0.25, -0.2) is 4.39 Å². The quantitative estimate of drug-likeness (QED) is 0.283. The summed E-state index contributed by atoms with van der Waals surface area (Å²) in [6.45, 7) is 12.9. The monoisotopic (exact) mass is 607 g/mol. The van der Waals surface area contributed by atoms with E-state index in [-0.39, 0.29) is 5.25 Å². The van der Waals surface area contributed by atoms with Crippen LogP contribution in [-0.4, -0.2) is 17.0 Å². The lowest BCUT2D eigenvalue weighted by Gasteiger charge is -2.51. The zero-order valence-corrected chi connectivity index (χ0v) is 26.0. The van der Waals surface area contributed by atoms with Crippen LogP contribution in [0.2, 0.25) is 0 Å². The third kappa shape index (κ3) is 3.50. The van der Waals surface area contributed by atoms with Crippen molar-refractivity contribution in [1.82, 2.24) is 0 Å². The normalized spacial score (nSPS) is 23.4. The number of benzene rings is 3. The van der Waals surface area contributed by atoms with Gasteiger partial charge in [0.2, 0.25) is 0 Å². The minimum absolute atomic E-state index is 0.111. The Morgan fingerprint density at radius 2 is 1.71 bits per heavy atom. The molecule has 0 aromatic heterocycles. The van der Waals surface area contributed by atoms with Gasteiger partial charge in [-0.2, -0.15) is 0 Å². The number of anilines is 4. The molecule has 0 saturated carbocycles. The molecular weight excluding hydrogens is 578 g/mol. The van der Waals surface area contributed by atoms with Gasteiger partial charge in [-0.1, -0.05) is 68.3 Å². The summed E-state index contributed by atoms with van der Waals surface area (Å²) in [4.78, 5) is 10.5. The molecule has 3 nitrogen and oxygen atoms in total. The highest BCUT2D eigenvalue weighted by molar-refractivity contribution is 8.01. The Morgan fingerprint density at radius 1 is 0.952 bits per heavy atom. The highest BCUT2D eigenvalue weighted by Crippen LogP contribution is 2.65. The highest BCUT2D eigenvalue weighted by Gasteiger charge is 2.54. The van der Waals surface area contributed by atoms with Gasteiger partial charge in [-0.05, 0) is 61.4 Å². The lowest BCUT2D eigenvalue weighted by atomic mass is 9.72. The Balaban J connectivity index is 1.22. The maximum Gasteiger partial charge on any atom is 0.189 e. The molecule has 7 heteroatoms. The largest absolute Gasteiger partial charge is 0.352 e. The van der Waals surface area contributed by atoms with Gasteiger partial charge in [0.15, 0.2) is 5.67 Å². The van der Waals surface area contributed by atoms with E-state index in [1.54, 1.807) is 11.8 Å². The first-order valence-corrected chi connectivity index (χ1v) is 17.1. The van der Waals surface area contributed by atoms with Crippen molar-refractivity contribution in [2.75, 3.05) is 26.5 Å². The van der Waals surface area contributed by atoms with Crippen LogP contribution in [0.5, 0.6) is 0 Å². The van der Waals surface area contributed by atoms with Crippen LogP contribution in [-0.2, 0) is 5.67 Å². The molecule has 5 aliphatic rings. The number of hydrogen-bond acceptors (Lipinski definition) is 6. The van der Waals surface area contributed by atoms with E-state index in [2.05, 4.69) is 114 Å². The lowest BCUT2D eigenvalue weighted by molar-refractivity contribution is 0.261. The average molecular weight is 608 g/mol. The number of alkyl halides is 1. The summed E-state index contributed by atoms with van der Waals surface area (Å²) in [6, 6.07) is 21.3. The third-order valence-electron chi connectivity index (χ3n) is 8.94. The Morgan fingerprint density at radius 3 is 2.52 bits per heavy atom. The summed E-state index contributed by atoms with van der Waals surface area (Å²) < 4.78 is 17.9. The summed E-state index contributed by atoms with van der Waals surface area (Å²) >= 11 is 5.50. The highest BCUT2D eigenvalue weighted by atomic mass is 32.2. The van der Waals surface area contributed by atoms with E-state index < -0.39 is 5.67 Å². The maximum atomic E-state index is 17.9. The average Bonchev–Trinajstić information content (AvgIpc) is 3.65. The Labute approximate surface area is 259 Å². The van der Waals surface area contributed by atoms with Crippen LogP contribution in [0.25, 0.3) is 0 Å². The fraction of sp³-hybridized carbons (Fsp3) is 0.200. The Kier molecular flexibility index (Phi) is 6.05. The van der Waals surface area contributed by atoms with Crippen molar-refractivity contribution in [1.29, 1.82) is 0 Å². The second-order valence-electron chi connectivity index (χ2n) is 11.0. The van der Waals surface area contributed by atoms with Gasteiger partial charge >= 0.3 is 0 Å².